The number of benzene rings is 4. The van der Waals surface area contributed by atoms with E-state index in [-0.39, 0.29) is 0 Å². The summed E-state index contributed by atoms with van der Waals surface area (Å²) in [5.74, 6) is 0. The molecule has 0 amide bonds. The average molecular weight is 388 g/mol. The van der Waals surface area contributed by atoms with Gasteiger partial charge in [0.2, 0.25) is 0 Å². The minimum absolute atomic E-state index is 0.583. The zero-order valence-electron chi connectivity index (χ0n) is 16.4. The van der Waals surface area contributed by atoms with Gasteiger partial charge in [0.05, 0.1) is 11.3 Å². The van der Waals surface area contributed by atoms with Crippen molar-refractivity contribution in [1.29, 1.82) is 0 Å². The van der Waals surface area contributed by atoms with E-state index in [4.69, 9.17) is 5.10 Å². The second-order valence-corrected chi connectivity index (χ2v) is 7.35. The first-order chi connectivity index (χ1) is 14.8. The number of carbonyl (C=O) groups is 1. The molecular weight excluding hydrogens is 368 g/mol. The first kappa shape index (κ1) is 18.1. The molecule has 0 aliphatic carbocycles. The van der Waals surface area contributed by atoms with Gasteiger partial charge in [0.1, 0.15) is 5.69 Å². The number of para-hydroxylation sites is 1. The number of hydrogen-bond acceptors (Lipinski definition) is 2. The molecule has 0 unspecified atom stereocenters. The Morgan fingerprint density at radius 2 is 1.50 bits per heavy atom. The minimum Gasteiger partial charge on any atom is -0.298 e. The van der Waals surface area contributed by atoms with Crippen molar-refractivity contribution in [3.05, 3.63) is 120 Å². The van der Waals surface area contributed by atoms with Crippen molar-refractivity contribution in [2.45, 2.75) is 6.42 Å². The van der Waals surface area contributed by atoms with E-state index in [2.05, 4.69) is 42.5 Å². The smallest absolute Gasteiger partial charge is 0.153 e. The molecular formula is C27H20N2O. The van der Waals surface area contributed by atoms with Crippen LogP contribution in [0.4, 0.5) is 0 Å². The molecule has 4 aromatic carbocycles. The van der Waals surface area contributed by atoms with Gasteiger partial charge in [-0.3, -0.25) is 4.79 Å². The summed E-state index contributed by atoms with van der Waals surface area (Å²) in [6, 6.07) is 32.9. The van der Waals surface area contributed by atoms with E-state index in [9.17, 15) is 4.79 Å². The molecule has 0 fully saturated rings. The third kappa shape index (κ3) is 3.42. The molecule has 1 heterocycles. The summed E-state index contributed by atoms with van der Waals surface area (Å²) in [5, 5.41) is 7.11. The maximum absolute atomic E-state index is 11.8. The van der Waals surface area contributed by atoms with E-state index in [1.54, 1.807) is 0 Å². The van der Waals surface area contributed by atoms with Crippen molar-refractivity contribution >= 4 is 17.1 Å². The molecule has 0 atom stereocenters. The number of nitrogens with zero attached hydrogens (tertiary/aromatic N) is 2. The standard InChI is InChI=1S/C27H20N2O/c30-19-25-18-29(26-13-7-6-12-23(26)16-20-8-2-1-3-9-20)28-27(25)24-15-14-21-10-4-5-11-22(21)17-24/h1-15,17-19H,16H2. The topological polar surface area (TPSA) is 34.9 Å². The highest BCUT2D eigenvalue weighted by molar-refractivity contribution is 5.91. The number of rotatable bonds is 5. The summed E-state index contributed by atoms with van der Waals surface area (Å²) in [6.45, 7) is 0. The Balaban J connectivity index is 1.58. The molecule has 0 aliphatic heterocycles. The van der Waals surface area contributed by atoms with Crippen LogP contribution in [0.5, 0.6) is 0 Å². The second kappa shape index (κ2) is 7.80. The second-order valence-electron chi connectivity index (χ2n) is 7.35. The van der Waals surface area contributed by atoms with Crippen LogP contribution in [0.2, 0.25) is 0 Å². The Labute approximate surface area is 175 Å². The molecule has 5 rings (SSSR count). The van der Waals surface area contributed by atoms with Crippen molar-refractivity contribution in [2.75, 3.05) is 0 Å². The van der Waals surface area contributed by atoms with Gasteiger partial charge in [-0.1, -0.05) is 84.9 Å². The molecule has 0 radical (unpaired) electrons. The van der Waals surface area contributed by atoms with E-state index in [1.165, 1.54) is 10.9 Å². The van der Waals surface area contributed by atoms with Gasteiger partial charge in [0.15, 0.2) is 6.29 Å². The molecule has 0 aliphatic rings. The van der Waals surface area contributed by atoms with Crippen molar-refractivity contribution in [3.63, 3.8) is 0 Å². The summed E-state index contributed by atoms with van der Waals surface area (Å²) in [6.07, 6.45) is 3.51. The lowest BCUT2D eigenvalue weighted by Gasteiger charge is -2.10. The first-order valence-corrected chi connectivity index (χ1v) is 9.98. The molecule has 3 heteroatoms. The Morgan fingerprint density at radius 3 is 2.33 bits per heavy atom. The summed E-state index contributed by atoms with van der Waals surface area (Å²) < 4.78 is 1.83. The Hall–Kier alpha value is -3.98. The molecule has 0 saturated carbocycles. The molecule has 30 heavy (non-hydrogen) atoms. The van der Waals surface area contributed by atoms with Gasteiger partial charge in [0, 0.05) is 11.8 Å². The van der Waals surface area contributed by atoms with Crippen LogP contribution in [-0.4, -0.2) is 16.1 Å². The van der Waals surface area contributed by atoms with Crippen molar-refractivity contribution in [1.82, 2.24) is 9.78 Å². The molecule has 1 aromatic heterocycles. The molecule has 0 saturated heterocycles. The highest BCUT2D eigenvalue weighted by atomic mass is 16.1. The molecule has 3 nitrogen and oxygen atoms in total. The maximum Gasteiger partial charge on any atom is 0.153 e. The minimum atomic E-state index is 0.583. The lowest BCUT2D eigenvalue weighted by molar-refractivity contribution is 0.112. The number of aldehydes is 1. The van der Waals surface area contributed by atoms with Crippen LogP contribution >= 0.6 is 0 Å². The predicted octanol–water partition coefficient (Wildman–Crippen LogP) is 6.10. The third-order valence-corrected chi connectivity index (χ3v) is 5.37. The zero-order chi connectivity index (χ0) is 20.3. The van der Waals surface area contributed by atoms with Crippen LogP contribution in [-0.2, 0) is 6.42 Å². The van der Waals surface area contributed by atoms with Crippen molar-refractivity contribution in [3.8, 4) is 16.9 Å². The van der Waals surface area contributed by atoms with E-state index < -0.39 is 0 Å². The van der Waals surface area contributed by atoms with E-state index >= 15 is 0 Å². The van der Waals surface area contributed by atoms with Gasteiger partial charge in [-0.2, -0.15) is 5.10 Å². The van der Waals surface area contributed by atoms with Gasteiger partial charge >= 0.3 is 0 Å². The van der Waals surface area contributed by atoms with Crippen LogP contribution in [0.1, 0.15) is 21.5 Å². The Morgan fingerprint density at radius 1 is 0.767 bits per heavy atom. The molecule has 5 aromatic rings. The van der Waals surface area contributed by atoms with Gasteiger partial charge in [-0.25, -0.2) is 4.68 Å². The Kier molecular flexibility index (Phi) is 4.70. The van der Waals surface area contributed by atoms with Crippen LogP contribution in [0.25, 0.3) is 27.7 Å². The molecule has 0 spiro atoms. The number of carbonyl (C=O) groups excluding carboxylic acids is 1. The van der Waals surface area contributed by atoms with Crippen LogP contribution in [0, 0.1) is 0 Å². The lowest BCUT2D eigenvalue weighted by Crippen LogP contribution is -2.01. The van der Waals surface area contributed by atoms with Crippen molar-refractivity contribution < 1.29 is 4.79 Å². The van der Waals surface area contributed by atoms with E-state index in [1.807, 2.05) is 65.5 Å². The number of aromatic nitrogens is 2. The normalized spacial score (nSPS) is 10.9. The average Bonchev–Trinajstić information content (AvgIpc) is 3.24. The molecule has 0 N–H and O–H groups in total. The largest absolute Gasteiger partial charge is 0.298 e. The SMILES string of the molecule is O=Cc1cn(-c2ccccc2Cc2ccccc2)nc1-c1ccc2ccccc2c1. The first-order valence-electron chi connectivity index (χ1n) is 9.98. The predicted molar refractivity (Wildman–Crippen MR) is 121 cm³/mol. The summed E-state index contributed by atoms with van der Waals surface area (Å²) >= 11 is 0. The zero-order valence-corrected chi connectivity index (χ0v) is 16.4. The maximum atomic E-state index is 11.8. The van der Waals surface area contributed by atoms with Gasteiger partial charge in [-0.05, 0) is 40.5 Å². The summed E-state index contributed by atoms with van der Waals surface area (Å²) in [5.41, 5.74) is 5.60. The fourth-order valence-corrected chi connectivity index (χ4v) is 3.86. The molecule has 0 bridgehead atoms. The van der Waals surface area contributed by atoms with Gasteiger partial charge in [0.25, 0.3) is 0 Å². The third-order valence-electron chi connectivity index (χ3n) is 5.37. The summed E-state index contributed by atoms with van der Waals surface area (Å²) in [7, 11) is 0. The lowest BCUT2D eigenvalue weighted by atomic mass is 10.0. The highest BCUT2D eigenvalue weighted by Crippen LogP contribution is 2.27. The Bertz CT molecular complexity index is 1340. The van der Waals surface area contributed by atoms with Crippen LogP contribution < -0.4 is 0 Å². The van der Waals surface area contributed by atoms with E-state index in [0.29, 0.717) is 11.3 Å². The fourth-order valence-electron chi connectivity index (χ4n) is 3.86. The highest BCUT2D eigenvalue weighted by Gasteiger charge is 2.14. The fraction of sp³-hybridized carbons (Fsp3) is 0.0370. The van der Waals surface area contributed by atoms with E-state index in [0.717, 1.165) is 34.9 Å². The monoisotopic (exact) mass is 388 g/mol. The van der Waals surface area contributed by atoms with Crippen LogP contribution in [0.15, 0.2) is 103 Å². The van der Waals surface area contributed by atoms with Crippen molar-refractivity contribution in [2.24, 2.45) is 0 Å². The summed E-state index contributed by atoms with van der Waals surface area (Å²) in [4.78, 5) is 11.8. The number of fused-ring (bicyclic) bond motifs is 1. The quantitative estimate of drug-likeness (QED) is 0.341. The van der Waals surface area contributed by atoms with Crippen LogP contribution in [0.3, 0.4) is 0 Å². The molecule has 144 valence electrons. The number of hydrogen-bond donors (Lipinski definition) is 0. The van der Waals surface area contributed by atoms with Gasteiger partial charge < -0.3 is 0 Å². The van der Waals surface area contributed by atoms with Gasteiger partial charge in [-0.15, -0.1) is 0 Å².